The Morgan fingerprint density at radius 2 is 2.06 bits per heavy atom. The van der Waals surface area contributed by atoms with Crippen LogP contribution in [-0.4, -0.2) is 24.2 Å². The minimum atomic E-state index is 0.295. The lowest BCUT2D eigenvalue weighted by Gasteiger charge is -2.24. The molecule has 18 heavy (non-hydrogen) atoms. The van der Waals surface area contributed by atoms with Crippen LogP contribution in [0, 0.1) is 6.92 Å². The maximum atomic E-state index is 6.10. The number of nitrogens with one attached hydrogen (secondary N) is 1. The second-order valence-corrected chi connectivity index (χ2v) is 4.86. The van der Waals surface area contributed by atoms with Crippen molar-refractivity contribution in [3.8, 4) is 5.88 Å². The SMILES string of the molecule is Cc1cccc2ccnc(OC3CCNCC3)c12. The highest BCUT2D eigenvalue weighted by Gasteiger charge is 2.16. The maximum absolute atomic E-state index is 6.10. The van der Waals surface area contributed by atoms with E-state index in [4.69, 9.17) is 4.74 Å². The Balaban J connectivity index is 1.95. The molecule has 0 unspecified atom stereocenters. The molecule has 1 aromatic heterocycles. The second-order valence-electron chi connectivity index (χ2n) is 4.86. The summed E-state index contributed by atoms with van der Waals surface area (Å²) in [5.41, 5.74) is 1.23. The van der Waals surface area contributed by atoms with Crippen LogP contribution in [0.1, 0.15) is 18.4 Å². The molecule has 1 aliphatic heterocycles. The van der Waals surface area contributed by atoms with Crippen molar-refractivity contribution in [1.82, 2.24) is 10.3 Å². The third-order valence-electron chi connectivity index (χ3n) is 3.53. The molecule has 0 atom stereocenters. The fourth-order valence-corrected chi connectivity index (χ4v) is 2.53. The van der Waals surface area contributed by atoms with Crippen molar-refractivity contribution in [3.63, 3.8) is 0 Å². The fourth-order valence-electron chi connectivity index (χ4n) is 2.53. The van der Waals surface area contributed by atoms with Gasteiger partial charge in [0.15, 0.2) is 0 Å². The largest absolute Gasteiger partial charge is 0.474 e. The number of piperidine rings is 1. The molecule has 0 aliphatic carbocycles. The van der Waals surface area contributed by atoms with Crippen LogP contribution >= 0.6 is 0 Å². The Hall–Kier alpha value is -1.61. The highest BCUT2D eigenvalue weighted by Crippen LogP contribution is 2.27. The minimum absolute atomic E-state index is 0.295. The number of ether oxygens (including phenoxy) is 1. The van der Waals surface area contributed by atoms with Crippen molar-refractivity contribution in [1.29, 1.82) is 0 Å². The Labute approximate surface area is 107 Å². The summed E-state index contributed by atoms with van der Waals surface area (Å²) in [5.74, 6) is 0.789. The molecule has 1 fully saturated rings. The van der Waals surface area contributed by atoms with Crippen LogP contribution in [0.2, 0.25) is 0 Å². The molecular formula is C15H18N2O. The first-order chi connectivity index (χ1) is 8.84. The van der Waals surface area contributed by atoms with Gasteiger partial charge in [0.1, 0.15) is 6.10 Å². The van der Waals surface area contributed by atoms with Gasteiger partial charge in [-0.1, -0.05) is 18.2 Å². The number of benzene rings is 1. The zero-order chi connectivity index (χ0) is 12.4. The maximum Gasteiger partial charge on any atom is 0.221 e. The van der Waals surface area contributed by atoms with Crippen molar-refractivity contribution >= 4 is 10.8 Å². The summed E-state index contributed by atoms with van der Waals surface area (Å²) in [6.45, 7) is 4.18. The molecule has 94 valence electrons. The van der Waals surface area contributed by atoms with E-state index in [0.29, 0.717) is 6.10 Å². The normalized spacial score (nSPS) is 16.9. The van der Waals surface area contributed by atoms with Crippen molar-refractivity contribution in [2.75, 3.05) is 13.1 Å². The summed E-state index contributed by atoms with van der Waals surface area (Å²) in [7, 11) is 0. The van der Waals surface area contributed by atoms with E-state index >= 15 is 0 Å². The smallest absolute Gasteiger partial charge is 0.221 e. The first-order valence-electron chi connectivity index (χ1n) is 6.56. The summed E-state index contributed by atoms with van der Waals surface area (Å²) >= 11 is 0. The standard InChI is InChI=1S/C15H18N2O/c1-11-3-2-4-12-5-10-17-15(14(11)12)18-13-6-8-16-9-7-13/h2-5,10,13,16H,6-9H2,1H3. The first kappa shape index (κ1) is 11.5. The number of aromatic nitrogens is 1. The second kappa shape index (κ2) is 4.94. The lowest BCUT2D eigenvalue weighted by molar-refractivity contribution is 0.158. The third kappa shape index (κ3) is 2.18. The van der Waals surface area contributed by atoms with Crippen molar-refractivity contribution in [2.45, 2.75) is 25.9 Å². The molecule has 3 heteroatoms. The van der Waals surface area contributed by atoms with E-state index in [9.17, 15) is 0 Å². The van der Waals surface area contributed by atoms with E-state index in [0.717, 1.165) is 37.2 Å². The van der Waals surface area contributed by atoms with Gasteiger partial charge in [-0.15, -0.1) is 0 Å². The Bertz CT molecular complexity index is 542. The number of fused-ring (bicyclic) bond motifs is 1. The van der Waals surface area contributed by atoms with E-state index in [-0.39, 0.29) is 0 Å². The third-order valence-corrected chi connectivity index (χ3v) is 3.53. The lowest BCUT2D eigenvalue weighted by Crippen LogP contribution is -2.34. The Morgan fingerprint density at radius 3 is 2.89 bits per heavy atom. The van der Waals surface area contributed by atoms with Gasteiger partial charge < -0.3 is 10.1 Å². The Kier molecular flexibility index (Phi) is 3.15. The van der Waals surface area contributed by atoms with E-state index in [1.54, 1.807) is 0 Å². The molecule has 1 aliphatic rings. The molecule has 0 amide bonds. The highest BCUT2D eigenvalue weighted by atomic mass is 16.5. The number of hydrogen-bond donors (Lipinski definition) is 1. The van der Waals surface area contributed by atoms with Gasteiger partial charge in [-0.05, 0) is 49.9 Å². The molecule has 0 bridgehead atoms. The van der Waals surface area contributed by atoms with Crippen LogP contribution < -0.4 is 10.1 Å². The molecular weight excluding hydrogens is 224 g/mol. The molecule has 1 aromatic carbocycles. The van der Waals surface area contributed by atoms with Gasteiger partial charge in [0.05, 0.1) is 0 Å². The van der Waals surface area contributed by atoms with Gasteiger partial charge in [0, 0.05) is 11.6 Å². The molecule has 1 saturated heterocycles. The van der Waals surface area contributed by atoms with E-state index in [1.165, 1.54) is 10.9 Å². The molecule has 2 aromatic rings. The van der Waals surface area contributed by atoms with Gasteiger partial charge >= 0.3 is 0 Å². The van der Waals surface area contributed by atoms with Crippen LogP contribution in [0.5, 0.6) is 5.88 Å². The summed E-state index contributed by atoms with van der Waals surface area (Å²) in [5, 5.41) is 5.70. The average Bonchev–Trinajstić information content (AvgIpc) is 2.40. The average molecular weight is 242 g/mol. The number of hydrogen-bond acceptors (Lipinski definition) is 3. The quantitative estimate of drug-likeness (QED) is 0.879. The highest BCUT2D eigenvalue weighted by molar-refractivity contribution is 5.89. The van der Waals surface area contributed by atoms with E-state index in [1.807, 2.05) is 12.3 Å². The zero-order valence-electron chi connectivity index (χ0n) is 10.6. The topological polar surface area (TPSA) is 34.1 Å². The van der Waals surface area contributed by atoms with Crippen molar-refractivity contribution in [3.05, 3.63) is 36.0 Å². The molecule has 0 spiro atoms. The van der Waals surface area contributed by atoms with Gasteiger partial charge in [0.2, 0.25) is 5.88 Å². The number of aryl methyl sites for hydroxylation is 1. The van der Waals surface area contributed by atoms with Crippen LogP contribution in [0.25, 0.3) is 10.8 Å². The summed E-state index contributed by atoms with van der Waals surface area (Å²) in [4.78, 5) is 4.42. The van der Waals surface area contributed by atoms with Crippen LogP contribution in [-0.2, 0) is 0 Å². The van der Waals surface area contributed by atoms with E-state index < -0.39 is 0 Å². The molecule has 3 rings (SSSR count). The molecule has 3 nitrogen and oxygen atoms in total. The zero-order valence-corrected chi connectivity index (χ0v) is 10.6. The van der Waals surface area contributed by atoms with Crippen LogP contribution in [0.15, 0.2) is 30.5 Å². The Morgan fingerprint density at radius 1 is 1.22 bits per heavy atom. The molecule has 1 N–H and O–H groups in total. The monoisotopic (exact) mass is 242 g/mol. The molecule has 2 heterocycles. The fraction of sp³-hybridized carbons (Fsp3) is 0.400. The van der Waals surface area contributed by atoms with Crippen LogP contribution in [0.3, 0.4) is 0 Å². The predicted octanol–water partition coefficient (Wildman–Crippen LogP) is 2.67. The summed E-state index contributed by atoms with van der Waals surface area (Å²) in [6, 6.07) is 8.34. The van der Waals surface area contributed by atoms with Crippen molar-refractivity contribution in [2.24, 2.45) is 0 Å². The minimum Gasteiger partial charge on any atom is -0.474 e. The van der Waals surface area contributed by atoms with Gasteiger partial charge in [-0.2, -0.15) is 0 Å². The number of pyridine rings is 1. The number of nitrogens with zero attached hydrogens (tertiary/aromatic N) is 1. The van der Waals surface area contributed by atoms with Gasteiger partial charge in [-0.25, -0.2) is 4.98 Å². The van der Waals surface area contributed by atoms with E-state index in [2.05, 4.69) is 35.4 Å². The summed E-state index contributed by atoms with van der Waals surface area (Å²) in [6.07, 6.45) is 4.25. The molecule has 0 saturated carbocycles. The number of rotatable bonds is 2. The first-order valence-corrected chi connectivity index (χ1v) is 6.56. The van der Waals surface area contributed by atoms with Gasteiger partial charge in [-0.3, -0.25) is 0 Å². The van der Waals surface area contributed by atoms with Gasteiger partial charge in [0.25, 0.3) is 0 Å². The molecule has 0 radical (unpaired) electrons. The van der Waals surface area contributed by atoms with Crippen molar-refractivity contribution < 1.29 is 4.74 Å². The summed E-state index contributed by atoms with van der Waals surface area (Å²) < 4.78 is 6.10. The predicted molar refractivity (Wildman–Crippen MR) is 73.0 cm³/mol. The lowest BCUT2D eigenvalue weighted by atomic mass is 10.1. The van der Waals surface area contributed by atoms with Crippen LogP contribution in [0.4, 0.5) is 0 Å².